The van der Waals surface area contributed by atoms with E-state index in [1.807, 2.05) is 19.3 Å². The van der Waals surface area contributed by atoms with E-state index in [0.717, 1.165) is 10.6 Å². The van der Waals surface area contributed by atoms with Crippen LogP contribution in [0, 0.1) is 13.8 Å². The second kappa shape index (κ2) is 5.16. The van der Waals surface area contributed by atoms with E-state index in [4.69, 9.17) is 5.21 Å². The van der Waals surface area contributed by atoms with Gasteiger partial charge in [-0.3, -0.25) is 20.8 Å². The Morgan fingerprint density at radius 3 is 2.67 bits per heavy atom. The van der Waals surface area contributed by atoms with Crippen molar-refractivity contribution in [2.75, 3.05) is 10.8 Å². The van der Waals surface area contributed by atoms with Crippen LogP contribution >= 0.6 is 11.3 Å². The highest BCUT2D eigenvalue weighted by Gasteiger charge is 2.13. The van der Waals surface area contributed by atoms with Crippen LogP contribution in [-0.2, 0) is 0 Å². The molecule has 0 bridgehead atoms. The molecule has 2 rings (SSSR count). The Morgan fingerprint density at radius 1 is 1.33 bits per heavy atom. The summed E-state index contributed by atoms with van der Waals surface area (Å²) >= 11 is 1.42. The van der Waals surface area contributed by atoms with Crippen molar-refractivity contribution in [3.05, 3.63) is 40.4 Å². The number of amides is 1. The summed E-state index contributed by atoms with van der Waals surface area (Å²) in [6.07, 6.45) is 0. The smallest absolute Gasteiger partial charge is 0.259 e. The molecule has 0 aliphatic carbocycles. The molecule has 1 aromatic heterocycles. The number of thiazole rings is 1. The lowest BCUT2D eigenvalue weighted by molar-refractivity contribution is 0.102. The first-order chi connectivity index (χ1) is 8.61. The van der Waals surface area contributed by atoms with E-state index < -0.39 is 0 Å². The molecule has 2 aromatic rings. The van der Waals surface area contributed by atoms with Crippen molar-refractivity contribution in [2.45, 2.75) is 13.8 Å². The van der Waals surface area contributed by atoms with Crippen molar-refractivity contribution in [1.29, 1.82) is 0 Å². The summed E-state index contributed by atoms with van der Waals surface area (Å²) in [6.45, 7) is 3.84. The quantitative estimate of drug-likeness (QED) is 0.744. The van der Waals surface area contributed by atoms with Crippen molar-refractivity contribution >= 4 is 28.1 Å². The van der Waals surface area contributed by atoms with E-state index in [1.54, 1.807) is 24.3 Å². The zero-order chi connectivity index (χ0) is 13.1. The van der Waals surface area contributed by atoms with Gasteiger partial charge in [0.05, 0.1) is 16.9 Å². The minimum Gasteiger partial charge on any atom is -0.298 e. The van der Waals surface area contributed by atoms with Crippen LogP contribution in [-0.4, -0.2) is 16.1 Å². The number of anilines is 2. The molecule has 94 valence electrons. The molecule has 0 unspecified atom stereocenters. The molecule has 1 amide bonds. The maximum Gasteiger partial charge on any atom is 0.259 e. The lowest BCUT2D eigenvalue weighted by Crippen LogP contribution is -2.13. The molecule has 6 heteroatoms. The van der Waals surface area contributed by atoms with Gasteiger partial charge in [0.15, 0.2) is 5.13 Å². The molecule has 0 saturated heterocycles. The molecule has 0 aliphatic heterocycles. The van der Waals surface area contributed by atoms with Crippen LogP contribution in [0.15, 0.2) is 24.3 Å². The van der Waals surface area contributed by atoms with Gasteiger partial charge in [0.1, 0.15) is 0 Å². The molecule has 5 nitrogen and oxygen atoms in total. The highest BCUT2D eigenvalue weighted by atomic mass is 32.1. The fraction of sp³-hybridized carbons (Fsp3) is 0.167. The van der Waals surface area contributed by atoms with Crippen LogP contribution in [0.25, 0.3) is 0 Å². The predicted octanol–water partition coefficient (Wildman–Crippen LogP) is 2.81. The Morgan fingerprint density at radius 2 is 2.06 bits per heavy atom. The van der Waals surface area contributed by atoms with Crippen LogP contribution in [0.3, 0.4) is 0 Å². The summed E-state index contributed by atoms with van der Waals surface area (Å²) in [4.78, 5) is 17.3. The normalized spacial score (nSPS) is 10.2. The minimum atomic E-state index is -0.305. The number of nitrogens with zero attached hydrogens (tertiary/aromatic N) is 1. The van der Waals surface area contributed by atoms with Gasteiger partial charge < -0.3 is 0 Å². The Hall–Kier alpha value is -1.92. The summed E-state index contributed by atoms with van der Waals surface area (Å²) in [5, 5.41) is 12.2. The standard InChI is InChI=1S/C12H13N3O2S/c1-7-8(2)18-12(13-7)14-11(16)9-5-3-4-6-10(9)15-17/h3-6,15,17H,1-2H3,(H,13,14,16). The second-order valence-electron chi connectivity index (χ2n) is 3.77. The monoisotopic (exact) mass is 263 g/mol. The maximum absolute atomic E-state index is 12.0. The molecule has 0 saturated carbocycles. The van der Waals surface area contributed by atoms with E-state index in [1.165, 1.54) is 11.3 Å². The minimum absolute atomic E-state index is 0.305. The lowest BCUT2D eigenvalue weighted by atomic mass is 10.2. The predicted molar refractivity (Wildman–Crippen MR) is 71.4 cm³/mol. The second-order valence-corrected chi connectivity index (χ2v) is 4.98. The number of rotatable bonds is 3. The molecular formula is C12H13N3O2S. The number of carbonyl (C=O) groups excluding carboxylic acids is 1. The van der Waals surface area contributed by atoms with Crippen LogP contribution in [0.2, 0.25) is 0 Å². The van der Waals surface area contributed by atoms with Gasteiger partial charge in [-0.05, 0) is 26.0 Å². The fourth-order valence-corrected chi connectivity index (χ4v) is 2.28. The third-order valence-electron chi connectivity index (χ3n) is 2.54. The molecule has 0 atom stereocenters. The lowest BCUT2D eigenvalue weighted by Gasteiger charge is -2.06. The van der Waals surface area contributed by atoms with E-state index in [9.17, 15) is 4.79 Å². The van der Waals surface area contributed by atoms with E-state index in [0.29, 0.717) is 16.4 Å². The number of carbonyl (C=O) groups is 1. The number of para-hydroxylation sites is 1. The zero-order valence-corrected chi connectivity index (χ0v) is 10.8. The summed E-state index contributed by atoms with van der Waals surface area (Å²) in [5.41, 5.74) is 3.63. The summed E-state index contributed by atoms with van der Waals surface area (Å²) in [6, 6.07) is 6.70. The van der Waals surface area contributed by atoms with Gasteiger partial charge in [-0.25, -0.2) is 4.98 Å². The molecule has 1 aromatic carbocycles. The van der Waals surface area contributed by atoms with Gasteiger partial charge in [-0.1, -0.05) is 12.1 Å². The molecular weight excluding hydrogens is 250 g/mol. The van der Waals surface area contributed by atoms with Crippen LogP contribution in [0.5, 0.6) is 0 Å². The summed E-state index contributed by atoms with van der Waals surface area (Å²) < 4.78 is 0. The maximum atomic E-state index is 12.0. The first-order valence-corrected chi connectivity index (χ1v) is 6.18. The number of aryl methyl sites for hydroxylation is 2. The molecule has 0 radical (unpaired) electrons. The molecule has 0 fully saturated rings. The number of benzene rings is 1. The topological polar surface area (TPSA) is 74.2 Å². The van der Waals surface area contributed by atoms with Gasteiger partial charge in [0.25, 0.3) is 5.91 Å². The Kier molecular flexibility index (Phi) is 3.59. The molecule has 18 heavy (non-hydrogen) atoms. The molecule has 0 spiro atoms. The number of aromatic nitrogens is 1. The average molecular weight is 263 g/mol. The van der Waals surface area contributed by atoms with E-state index >= 15 is 0 Å². The third-order valence-corrected chi connectivity index (χ3v) is 3.53. The summed E-state index contributed by atoms with van der Waals surface area (Å²) in [5.74, 6) is -0.305. The number of nitrogens with one attached hydrogen (secondary N) is 2. The van der Waals surface area contributed by atoms with Gasteiger partial charge in [0, 0.05) is 4.88 Å². The third kappa shape index (κ3) is 2.49. The fourth-order valence-electron chi connectivity index (χ4n) is 1.47. The Balaban J connectivity index is 2.22. The SMILES string of the molecule is Cc1nc(NC(=O)c2ccccc2NO)sc1C. The van der Waals surface area contributed by atoms with Crippen molar-refractivity contribution in [2.24, 2.45) is 0 Å². The Labute approximate surface area is 108 Å². The van der Waals surface area contributed by atoms with Crippen LogP contribution in [0.1, 0.15) is 20.9 Å². The van der Waals surface area contributed by atoms with Crippen molar-refractivity contribution < 1.29 is 10.0 Å². The number of hydrogen-bond donors (Lipinski definition) is 3. The van der Waals surface area contributed by atoms with Crippen molar-refractivity contribution in [1.82, 2.24) is 4.98 Å². The van der Waals surface area contributed by atoms with E-state index in [-0.39, 0.29) is 5.91 Å². The highest BCUT2D eigenvalue weighted by molar-refractivity contribution is 7.15. The largest absolute Gasteiger partial charge is 0.298 e. The van der Waals surface area contributed by atoms with E-state index in [2.05, 4.69) is 10.3 Å². The Bertz CT molecular complexity index is 561. The molecule has 1 heterocycles. The first-order valence-electron chi connectivity index (χ1n) is 5.36. The van der Waals surface area contributed by atoms with Gasteiger partial charge in [-0.2, -0.15) is 0 Å². The number of hydrogen-bond acceptors (Lipinski definition) is 5. The van der Waals surface area contributed by atoms with Crippen LogP contribution < -0.4 is 10.8 Å². The van der Waals surface area contributed by atoms with Gasteiger partial charge in [-0.15, -0.1) is 11.3 Å². The summed E-state index contributed by atoms with van der Waals surface area (Å²) in [7, 11) is 0. The molecule has 0 aliphatic rings. The van der Waals surface area contributed by atoms with Crippen LogP contribution in [0.4, 0.5) is 10.8 Å². The van der Waals surface area contributed by atoms with Gasteiger partial charge >= 0.3 is 0 Å². The van der Waals surface area contributed by atoms with Crippen molar-refractivity contribution in [3.63, 3.8) is 0 Å². The first kappa shape index (κ1) is 12.5. The zero-order valence-electron chi connectivity index (χ0n) is 10.0. The highest BCUT2D eigenvalue weighted by Crippen LogP contribution is 2.23. The van der Waals surface area contributed by atoms with Crippen molar-refractivity contribution in [3.8, 4) is 0 Å². The molecule has 3 N–H and O–H groups in total. The average Bonchev–Trinajstić information content (AvgIpc) is 2.68. The van der Waals surface area contributed by atoms with Gasteiger partial charge in [0.2, 0.25) is 0 Å².